The van der Waals surface area contributed by atoms with Gasteiger partial charge >= 0.3 is 29.6 Å². The van der Waals surface area contributed by atoms with Gasteiger partial charge in [0.15, 0.2) is 0 Å². The Morgan fingerprint density at radius 2 is 1.88 bits per heavy atom. The van der Waals surface area contributed by atoms with Crippen LogP contribution in [0.5, 0.6) is 0 Å². The molecular formula is C6H13NaO. The van der Waals surface area contributed by atoms with Gasteiger partial charge in [-0.1, -0.05) is 20.8 Å². The van der Waals surface area contributed by atoms with Crippen molar-refractivity contribution in [2.75, 3.05) is 0 Å². The zero-order valence-electron chi connectivity index (χ0n) is 5.19. The molecule has 0 aromatic rings. The SMILES string of the molecule is CCC(C)(C)C=O.[NaH]. The second-order valence-electron chi connectivity index (χ2n) is 2.46. The molecule has 0 unspecified atom stereocenters. The number of hydrogen-bond acceptors (Lipinski definition) is 1. The fourth-order valence-corrected chi connectivity index (χ4v) is 0.0833. The summed E-state index contributed by atoms with van der Waals surface area (Å²) in [5, 5.41) is 0. The normalized spacial score (nSPS) is 9.88. The Balaban J connectivity index is 0. The van der Waals surface area contributed by atoms with Crippen molar-refractivity contribution in [1.29, 1.82) is 0 Å². The third kappa shape index (κ3) is 4.82. The molecule has 0 saturated carbocycles. The van der Waals surface area contributed by atoms with Crippen LogP contribution in [0.15, 0.2) is 0 Å². The van der Waals surface area contributed by atoms with Gasteiger partial charge in [-0.3, -0.25) is 0 Å². The van der Waals surface area contributed by atoms with E-state index in [1.54, 1.807) is 0 Å². The van der Waals surface area contributed by atoms with Crippen LogP contribution < -0.4 is 0 Å². The first kappa shape index (κ1) is 11.5. The van der Waals surface area contributed by atoms with Crippen LogP contribution in [0.1, 0.15) is 27.2 Å². The summed E-state index contributed by atoms with van der Waals surface area (Å²) in [4.78, 5) is 10.1. The molecule has 0 rings (SSSR count). The van der Waals surface area contributed by atoms with E-state index < -0.39 is 0 Å². The van der Waals surface area contributed by atoms with Crippen molar-refractivity contribution in [3.8, 4) is 0 Å². The summed E-state index contributed by atoms with van der Waals surface area (Å²) in [5.74, 6) is 0. The number of rotatable bonds is 2. The quantitative estimate of drug-likeness (QED) is 0.396. The van der Waals surface area contributed by atoms with Gasteiger partial charge in [0.25, 0.3) is 0 Å². The fraction of sp³-hybridized carbons (Fsp3) is 0.833. The van der Waals surface area contributed by atoms with E-state index in [0.29, 0.717) is 0 Å². The van der Waals surface area contributed by atoms with Crippen molar-refractivity contribution in [3.05, 3.63) is 0 Å². The van der Waals surface area contributed by atoms with Crippen LogP contribution in [0.2, 0.25) is 0 Å². The monoisotopic (exact) mass is 124 g/mol. The van der Waals surface area contributed by atoms with Gasteiger partial charge in [0.1, 0.15) is 6.29 Å². The summed E-state index contributed by atoms with van der Waals surface area (Å²) < 4.78 is 0. The van der Waals surface area contributed by atoms with Crippen molar-refractivity contribution < 1.29 is 4.79 Å². The number of hydrogen-bond donors (Lipinski definition) is 0. The van der Waals surface area contributed by atoms with E-state index in [9.17, 15) is 4.79 Å². The molecule has 0 bridgehead atoms. The van der Waals surface area contributed by atoms with E-state index in [4.69, 9.17) is 0 Å². The topological polar surface area (TPSA) is 17.1 Å². The molecule has 0 aromatic heterocycles. The Labute approximate surface area is 73.1 Å². The van der Waals surface area contributed by atoms with Crippen molar-refractivity contribution >= 4 is 35.8 Å². The maximum absolute atomic E-state index is 10.1. The Kier molecular flexibility index (Phi) is 6.51. The average Bonchev–Trinajstić information content (AvgIpc) is 1.68. The van der Waals surface area contributed by atoms with Crippen molar-refractivity contribution in [1.82, 2.24) is 0 Å². The van der Waals surface area contributed by atoms with Crippen LogP contribution in [0, 0.1) is 5.41 Å². The van der Waals surface area contributed by atoms with Crippen LogP contribution in [-0.2, 0) is 4.79 Å². The molecule has 0 aliphatic rings. The van der Waals surface area contributed by atoms with Crippen LogP contribution in [0.4, 0.5) is 0 Å². The first-order chi connectivity index (χ1) is 3.12. The first-order valence-corrected chi connectivity index (χ1v) is 2.59. The molecule has 0 spiro atoms. The van der Waals surface area contributed by atoms with Gasteiger partial charge in [-0.05, 0) is 6.42 Å². The molecule has 0 aliphatic carbocycles. The summed E-state index contributed by atoms with van der Waals surface area (Å²) >= 11 is 0. The molecule has 0 atom stereocenters. The van der Waals surface area contributed by atoms with E-state index in [1.165, 1.54) is 0 Å². The van der Waals surface area contributed by atoms with Gasteiger partial charge in [0.05, 0.1) is 0 Å². The van der Waals surface area contributed by atoms with Crippen LogP contribution in [-0.4, -0.2) is 35.8 Å². The van der Waals surface area contributed by atoms with E-state index in [-0.39, 0.29) is 35.0 Å². The predicted octanol–water partition coefficient (Wildman–Crippen LogP) is 0.973. The van der Waals surface area contributed by atoms with Crippen molar-refractivity contribution in [3.63, 3.8) is 0 Å². The fourth-order valence-electron chi connectivity index (χ4n) is 0.0833. The molecule has 1 nitrogen and oxygen atoms in total. The molecule has 0 heterocycles. The molecule has 0 fully saturated rings. The molecule has 8 heavy (non-hydrogen) atoms. The molecule has 0 radical (unpaired) electrons. The van der Waals surface area contributed by atoms with Crippen LogP contribution in [0.3, 0.4) is 0 Å². The second kappa shape index (κ2) is 4.54. The molecule has 0 amide bonds. The molecular weight excluding hydrogens is 111 g/mol. The van der Waals surface area contributed by atoms with Crippen LogP contribution in [0.25, 0.3) is 0 Å². The van der Waals surface area contributed by atoms with E-state index in [0.717, 1.165) is 12.7 Å². The number of carbonyl (C=O) groups excluding carboxylic acids is 1. The van der Waals surface area contributed by atoms with Crippen LogP contribution >= 0.6 is 0 Å². The van der Waals surface area contributed by atoms with Gasteiger partial charge in [0, 0.05) is 5.41 Å². The molecule has 2 heteroatoms. The zero-order valence-corrected chi connectivity index (χ0v) is 5.19. The zero-order chi connectivity index (χ0) is 5.91. The number of aldehydes is 1. The standard InChI is InChI=1S/C6H12O.Na.H/c1-4-6(2,3)5-7;;/h5H,4H2,1-3H3;;. The minimum atomic E-state index is -0.0972. The summed E-state index contributed by atoms with van der Waals surface area (Å²) in [6, 6.07) is 0. The van der Waals surface area contributed by atoms with Crippen molar-refractivity contribution in [2.45, 2.75) is 27.2 Å². The van der Waals surface area contributed by atoms with E-state index >= 15 is 0 Å². The Morgan fingerprint density at radius 1 is 1.50 bits per heavy atom. The third-order valence-corrected chi connectivity index (χ3v) is 1.23. The average molecular weight is 124 g/mol. The molecule has 0 aliphatic heterocycles. The minimum absolute atomic E-state index is 0. The predicted molar refractivity (Wildman–Crippen MR) is 37.3 cm³/mol. The first-order valence-electron chi connectivity index (χ1n) is 2.59. The van der Waals surface area contributed by atoms with Gasteiger partial charge in [0.2, 0.25) is 0 Å². The molecule has 0 N–H and O–H groups in total. The summed E-state index contributed by atoms with van der Waals surface area (Å²) in [7, 11) is 0. The van der Waals surface area contributed by atoms with Gasteiger partial charge in [-0.15, -0.1) is 0 Å². The van der Waals surface area contributed by atoms with Gasteiger partial charge in [-0.25, -0.2) is 0 Å². The van der Waals surface area contributed by atoms with E-state index in [1.807, 2.05) is 20.8 Å². The Hall–Kier alpha value is 0.670. The summed E-state index contributed by atoms with van der Waals surface area (Å²) in [6.45, 7) is 5.87. The Morgan fingerprint density at radius 3 is 1.88 bits per heavy atom. The van der Waals surface area contributed by atoms with Gasteiger partial charge < -0.3 is 4.79 Å². The summed E-state index contributed by atoms with van der Waals surface area (Å²) in [5.41, 5.74) is -0.0972. The van der Waals surface area contributed by atoms with E-state index in [2.05, 4.69) is 0 Å². The Bertz CT molecular complexity index is 68.9. The second-order valence-corrected chi connectivity index (χ2v) is 2.46. The van der Waals surface area contributed by atoms with Gasteiger partial charge in [-0.2, -0.15) is 0 Å². The summed E-state index contributed by atoms with van der Waals surface area (Å²) in [6.07, 6.45) is 1.92. The third-order valence-electron chi connectivity index (χ3n) is 1.23. The number of carbonyl (C=O) groups is 1. The molecule has 0 aromatic carbocycles. The molecule has 0 saturated heterocycles. The maximum atomic E-state index is 10.1. The van der Waals surface area contributed by atoms with Crippen molar-refractivity contribution in [2.24, 2.45) is 5.41 Å². The molecule has 44 valence electrons.